The van der Waals surface area contributed by atoms with Crippen molar-refractivity contribution in [1.29, 1.82) is 0 Å². The molecule has 0 unspecified atom stereocenters. The van der Waals surface area contributed by atoms with Gasteiger partial charge in [-0.05, 0) is 0 Å². The number of hydrogen-bond acceptors (Lipinski definition) is 5. The Morgan fingerprint density at radius 2 is 2.50 bits per heavy atom. The third-order valence-corrected chi connectivity index (χ3v) is 1.61. The van der Waals surface area contributed by atoms with Crippen LogP contribution >= 0.6 is 0 Å². The summed E-state index contributed by atoms with van der Waals surface area (Å²) in [6.07, 6.45) is 1.68. The molecule has 4 N–H and O–H groups in total. The van der Waals surface area contributed by atoms with Crippen LogP contribution in [-0.2, 0) is 0 Å². The van der Waals surface area contributed by atoms with Gasteiger partial charge in [-0.15, -0.1) is 6.58 Å². The van der Waals surface area contributed by atoms with Gasteiger partial charge in [-0.2, -0.15) is 4.98 Å². The molecule has 14 heavy (non-hydrogen) atoms. The van der Waals surface area contributed by atoms with Gasteiger partial charge in [0.1, 0.15) is 0 Å². The zero-order valence-corrected chi connectivity index (χ0v) is 7.95. The summed E-state index contributed by atoms with van der Waals surface area (Å²) in [5.74, 6) is 0.541. The van der Waals surface area contributed by atoms with Gasteiger partial charge >= 0.3 is 0 Å². The molecule has 0 aromatic carbocycles. The minimum Gasteiger partial charge on any atom is -0.503 e. The quantitative estimate of drug-likeness (QED) is 0.624. The van der Waals surface area contributed by atoms with Crippen LogP contribution in [0.3, 0.4) is 0 Å². The van der Waals surface area contributed by atoms with Crippen LogP contribution in [0.1, 0.15) is 0 Å². The Labute approximate surface area is 82.2 Å². The van der Waals surface area contributed by atoms with Crippen molar-refractivity contribution >= 4 is 11.5 Å². The molecular formula is C9H13N3O2. The molecule has 0 aliphatic heterocycles. The normalized spacial score (nSPS) is 9.50. The van der Waals surface area contributed by atoms with Gasteiger partial charge in [-0.3, -0.25) is 0 Å². The fourth-order valence-electron chi connectivity index (χ4n) is 0.961. The van der Waals surface area contributed by atoms with Gasteiger partial charge in [-0.25, -0.2) is 0 Å². The molecular weight excluding hydrogens is 182 g/mol. The maximum atomic E-state index is 9.33. The summed E-state index contributed by atoms with van der Waals surface area (Å²) in [4.78, 5) is 3.97. The first-order valence-electron chi connectivity index (χ1n) is 4.07. The predicted molar refractivity (Wildman–Crippen MR) is 55.6 cm³/mol. The summed E-state index contributed by atoms with van der Waals surface area (Å²) >= 11 is 0. The van der Waals surface area contributed by atoms with E-state index in [0.717, 1.165) is 0 Å². The first kappa shape index (κ1) is 10.2. The second kappa shape index (κ2) is 4.36. The van der Waals surface area contributed by atoms with Crippen LogP contribution in [0.15, 0.2) is 18.7 Å². The van der Waals surface area contributed by atoms with Gasteiger partial charge in [0.05, 0.1) is 12.8 Å². The molecule has 5 nitrogen and oxygen atoms in total. The Kier molecular flexibility index (Phi) is 3.17. The highest BCUT2D eigenvalue weighted by molar-refractivity contribution is 5.65. The van der Waals surface area contributed by atoms with Crippen molar-refractivity contribution in [1.82, 2.24) is 4.98 Å². The van der Waals surface area contributed by atoms with E-state index >= 15 is 0 Å². The minimum atomic E-state index is -0.0749. The van der Waals surface area contributed by atoms with Gasteiger partial charge in [0, 0.05) is 12.6 Å². The average Bonchev–Trinajstić information content (AvgIpc) is 2.17. The molecule has 0 saturated carbocycles. The summed E-state index contributed by atoms with van der Waals surface area (Å²) in [5, 5.41) is 12.2. The van der Waals surface area contributed by atoms with Gasteiger partial charge in [-0.1, -0.05) is 6.08 Å². The molecule has 0 aliphatic rings. The SMILES string of the molecule is C=CCNc1nc(OC)c(O)cc1N. The fraction of sp³-hybridized carbons (Fsp3) is 0.222. The van der Waals surface area contributed by atoms with E-state index in [1.165, 1.54) is 13.2 Å². The van der Waals surface area contributed by atoms with E-state index in [1.807, 2.05) is 0 Å². The fourth-order valence-corrected chi connectivity index (χ4v) is 0.961. The number of methoxy groups -OCH3 is 1. The Morgan fingerprint density at radius 1 is 1.79 bits per heavy atom. The minimum absolute atomic E-state index is 0.0749. The lowest BCUT2D eigenvalue weighted by molar-refractivity contribution is 0.359. The van der Waals surface area contributed by atoms with E-state index in [-0.39, 0.29) is 11.6 Å². The first-order valence-corrected chi connectivity index (χ1v) is 4.07. The summed E-state index contributed by atoms with van der Waals surface area (Å²) in [6.45, 7) is 4.10. The van der Waals surface area contributed by atoms with Crippen molar-refractivity contribution in [2.75, 3.05) is 24.7 Å². The second-order valence-electron chi connectivity index (χ2n) is 2.62. The molecule has 0 aliphatic carbocycles. The van der Waals surface area contributed by atoms with Crippen molar-refractivity contribution in [3.63, 3.8) is 0 Å². The maximum Gasteiger partial charge on any atom is 0.258 e. The van der Waals surface area contributed by atoms with Crippen LogP contribution < -0.4 is 15.8 Å². The van der Waals surface area contributed by atoms with Crippen molar-refractivity contribution in [3.05, 3.63) is 18.7 Å². The highest BCUT2D eigenvalue weighted by atomic mass is 16.5. The molecule has 0 fully saturated rings. The molecule has 0 saturated heterocycles. The maximum absolute atomic E-state index is 9.33. The van der Waals surface area contributed by atoms with Crippen LogP contribution in [0.25, 0.3) is 0 Å². The summed E-state index contributed by atoms with van der Waals surface area (Å²) in [7, 11) is 1.43. The lowest BCUT2D eigenvalue weighted by atomic mass is 10.3. The molecule has 76 valence electrons. The molecule has 1 rings (SSSR count). The molecule has 1 heterocycles. The van der Waals surface area contributed by atoms with Crippen molar-refractivity contribution in [2.24, 2.45) is 0 Å². The molecule has 1 aromatic rings. The number of pyridine rings is 1. The molecule has 0 bridgehead atoms. The summed E-state index contributed by atoms with van der Waals surface area (Å²) in [5.41, 5.74) is 5.98. The van der Waals surface area contributed by atoms with Gasteiger partial charge < -0.3 is 20.9 Å². The largest absolute Gasteiger partial charge is 0.503 e. The average molecular weight is 195 g/mol. The number of aromatic nitrogens is 1. The van der Waals surface area contributed by atoms with Crippen LogP contribution in [0.5, 0.6) is 11.6 Å². The standard InChI is InChI=1S/C9H13N3O2/c1-3-4-11-8-6(10)5-7(13)9(12-8)14-2/h3,5,13H,1,4,10H2,2H3,(H,11,12). The topological polar surface area (TPSA) is 80.4 Å². The van der Waals surface area contributed by atoms with Gasteiger partial charge in [0.25, 0.3) is 5.88 Å². The highest BCUT2D eigenvalue weighted by Crippen LogP contribution is 2.29. The van der Waals surface area contributed by atoms with E-state index in [4.69, 9.17) is 10.5 Å². The zero-order valence-electron chi connectivity index (χ0n) is 7.95. The molecule has 0 radical (unpaired) electrons. The lowest BCUT2D eigenvalue weighted by Crippen LogP contribution is -2.05. The van der Waals surface area contributed by atoms with Crippen molar-refractivity contribution < 1.29 is 9.84 Å². The first-order chi connectivity index (χ1) is 6.69. The Morgan fingerprint density at radius 3 is 3.07 bits per heavy atom. The molecule has 0 amide bonds. The number of nitrogens with two attached hydrogens (primary N) is 1. The van der Waals surface area contributed by atoms with Gasteiger partial charge in [0.15, 0.2) is 11.6 Å². The van der Waals surface area contributed by atoms with Crippen LogP contribution in [-0.4, -0.2) is 23.7 Å². The third-order valence-electron chi connectivity index (χ3n) is 1.61. The van der Waals surface area contributed by atoms with Crippen LogP contribution in [0.4, 0.5) is 11.5 Å². The number of nitrogen functional groups attached to an aromatic ring is 1. The van der Waals surface area contributed by atoms with Crippen molar-refractivity contribution in [2.45, 2.75) is 0 Å². The molecule has 1 aromatic heterocycles. The van der Waals surface area contributed by atoms with Crippen LogP contribution in [0, 0.1) is 0 Å². The van der Waals surface area contributed by atoms with E-state index < -0.39 is 0 Å². The number of nitrogens with one attached hydrogen (secondary N) is 1. The predicted octanol–water partition coefficient (Wildman–Crippen LogP) is 0.976. The second-order valence-corrected chi connectivity index (χ2v) is 2.62. The molecule has 5 heteroatoms. The Bertz CT molecular complexity index is 339. The molecule has 0 atom stereocenters. The number of nitrogens with zero attached hydrogens (tertiary/aromatic N) is 1. The highest BCUT2D eigenvalue weighted by Gasteiger charge is 2.08. The van der Waals surface area contributed by atoms with Crippen molar-refractivity contribution in [3.8, 4) is 11.6 Å². The van der Waals surface area contributed by atoms with E-state index in [9.17, 15) is 5.11 Å². The number of aromatic hydroxyl groups is 1. The number of rotatable bonds is 4. The number of hydrogen-bond donors (Lipinski definition) is 3. The monoisotopic (exact) mass is 195 g/mol. The van der Waals surface area contributed by atoms with E-state index in [1.54, 1.807) is 6.08 Å². The number of anilines is 2. The summed E-state index contributed by atoms with van der Waals surface area (Å²) in [6, 6.07) is 1.39. The van der Waals surface area contributed by atoms with Gasteiger partial charge in [0.2, 0.25) is 0 Å². The summed E-state index contributed by atoms with van der Waals surface area (Å²) < 4.78 is 4.84. The van der Waals surface area contributed by atoms with Crippen LogP contribution in [0.2, 0.25) is 0 Å². The Balaban J connectivity index is 2.98. The Hall–Kier alpha value is -1.91. The molecule has 0 spiro atoms. The number of ether oxygens (including phenoxy) is 1. The zero-order chi connectivity index (χ0) is 10.6. The smallest absolute Gasteiger partial charge is 0.258 e. The third kappa shape index (κ3) is 2.07. The van der Waals surface area contributed by atoms with E-state index in [2.05, 4.69) is 16.9 Å². The lowest BCUT2D eigenvalue weighted by Gasteiger charge is -2.09. The van der Waals surface area contributed by atoms with E-state index in [0.29, 0.717) is 18.1 Å².